The number of anilines is 1. The van der Waals surface area contributed by atoms with Gasteiger partial charge < -0.3 is 10.0 Å². The van der Waals surface area contributed by atoms with Crippen molar-refractivity contribution < 1.29 is 5.11 Å². The van der Waals surface area contributed by atoms with Crippen molar-refractivity contribution in [2.75, 3.05) is 18.0 Å². The van der Waals surface area contributed by atoms with Crippen molar-refractivity contribution in [3.8, 4) is 0 Å². The minimum absolute atomic E-state index is 0.413. The lowest BCUT2D eigenvalue weighted by Gasteiger charge is -2.33. The normalized spacial score (nSPS) is 18.9. The summed E-state index contributed by atoms with van der Waals surface area (Å²) in [6.45, 7) is 6.26. The van der Waals surface area contributed by atoms with Crippen LogP contribution in [0.3, 0.4) is 0 Å². The molecule has 1 aliphatic rings. The maximum atomic E-state index is 9.61. The quantitative estimate of drug-likeness (QED) is 0.889. The van der Waals surface area contributed by atoms with E-state index in [0.29, 0.717) is 0 Å². The number of hydrogen-bond donors (Lipinski definition) is 1. The molecule has 0 amide bonds. The molecule has 1 aromatic rings. The third-order valence-corrected chi connectivity index (χ3v) is 3.89. The third kappa shape index (κ3) is 3.22. The summed E-state index contributed by atoms with van der Waals surface area (Å²) in [5, 5.41) is 9.61. The zero-order chi connectivity index (χ0) is 13.0. The summed E-state index contributed by atoms with van der Waals surface area (Å²) in [5.41, 5.74) is 0.954. The molecular weight excluding hydrogens is 224 g/mol. The van der Waals surface area contributed by atoms with Crippen molar-refractivity contribution in [1.29, 1.82) is 0 Å². The minimum Gasteiger partial charge on any atom is -0.389 e. The molecule has 1 saturated heterocycles. The highest BCUT2D eigenvalue weighted by atomic mass is 16.3. The van der Waals surface area contributed by atoms with Crippen LogP contribution in [0.2, 0.25) is 0 Å². The summed E-state index contributed by atoms with van der Waals surface area (Å²) in [6, 6.07) is 3.91. The van der Waals surface area contributed by atoms with E-state index in [0.717, 1.165) is 30.4 Å². The predicted molar refractivity (Wildman–Crippen MR) is 74.7 cm³/mol. The van der Waals surface area contributed by atoms with Crippen molar-refractivity contribution in [2.24, 2.45) is 5.92 Å². The molecule has 1 atom stereocenters. The van der Waals surface area contributed by atoms with Crippen molar-refractivity contribution in [2.45, 2.75) is 45.6 Å². The second-order valence-corrected chi connectivity index (χ2v) is 5.34. The number of pyridine rings is 1. The molecule has 0 spiro atoms. The van der Waals surface area contributed by atoms with Gasteiger partial charge in [0.05, 0.1) is 6.10 Å². The third-order valence-electron chi connectivity index (χ3n) is 3.89. The molecule has 0 aromatic carbocycles. The topological polar surface area (TPSA) is 36.4 Å². The van der Waals surface area contributed by atoms with Gasteiger partial charge >= 0.3 is 0 Å². The number of hydrogen-bond acceptors (Lipinski definition) is 3. The van der Waals surface area contributed by atoms with Gasteiger partial charge in [-0.15, -0.1) is 0 Å². The Balaban J connectivity index is 1.98. The monoisotopic (exact) mass is 248 g/mol. The Bertz CT molecular complexity index is 371. The maximum Gasteiger partial charge on any atom is 0.128 e. The first-order valence-electron chi connectivity index (χ1n) is 7.09. The predicted octanol–water partition coefficient (Wildman–Crippen LogP) is 3.15. The summed E-state index contributed by atoms with van der Waals surface area (Å²) < 4.78 is 0. The molecule has 1 fully saturated rings. The molecule has 2 heterocycles. The standard InChI is InChI=1S/C15H24N2O/c1-3-4-13-6-9-17(10-7-13)15-11-14(12(2)18)5-8-16-15/h5,8,11-13,18H,3-4,6-7,9-10H2,1-2H3/t12-/m1/s1. The van der Waals surface area contributed by atoms with Gasteiger partial charge in [0.25, 0.3) is 0 Å². The van der Waals surface area contributed by atoms with E-state index in [9.17, 15) is 5.11 Å². The molecule has 3 nitrogen and oxygen atoms in total. The van der Waals surface area contributed by atoms with Gasteiger partial charge in [0.15, 0.2) is 0 Å². The average Bonchev–Trinajstić information content (AvgIpc) is 2.40. The van der Waals surface area contributed by atoms with E-state index in [1.807, 2.05) is 12.1 Å². The van der Waals surface area contributed by atoms with Crippen LogP contribution in [0.4, 0.5) is 5.82 Å². The first-order valence-corrected chi connectivity index (χ1v) is 7.09. The van der Waals surface area contributed by atoms with Crippen LogP contribution in [0.5, 0.6) is 0 Å². The van der Waals surface area contributed by atoms with Crippen LogP contribution in [0.1, 0.15) is 51.2 Å². The summed E-state index contributed by atoms with van der Waals surface area (Å²) in [4.78, 5) is 6.78. The Morgan fingerprint density at radius 3 is 2.78 bits per heavy atom. The van der Waals surface area contributed by atoms with Crippen LogP contribution in [0.25, 0.3) is 0 Å². The zero-order valence-electron chi connectivity index (χ0n) is 11.5. The Hall–Kier alpha value is -1.09. The first-order chi connectivity index (χ1) is 8.70. The second-order valence-electron chi connectivity index (χ2n) is 5.34. The summed E-state index contributed by atoms with van der Waals surface area (Å²) >= 11 is 0. The van der Waals surface area contributed by atoms with E-state index in [-0.39, 0.29) is 0 Å². The first kappa shape index (κ1) is 13.3. The molecule has 1 N–H and O–H groups in total. The SMILES string of the molecule is CCCC1CCN(c2cc([C@@H](C)O)ccn2)CC1. The van der Waals surface area contributed by atoms with Crippen molar-refractivity contribution in [1.82, 2.24) is 4.98 Å². The number of piperidine rings is 1. The Morgan fingerprint density at radius 1 is 1.44 bits per heavy atom. The lowest BCUT2D eigenvalue weighted by atomic mass is 9.92. The van der Waals surface area contributed by atoms with Crippen LogP contribution >= 0.6 is 0 Å². The van der Waals surface area contributed by atoms with E-state index < -0.39 is 6.10 Å². The van der Waals surface area contributed by atoms with Crippen LogP contribution < -0.4 is 4.90 Å². The smallest absolute Gasteiger partial charge is 0.128 e. The average molecular weight is 248 g/mol. The maximum absolute atomic E-state index is 9.61. The van der Waals surface area contributed by atoms with Gasteiger partial charge in [-0.1, -0.05) is 19.8 Å². The van der Waals surface area contributed by atoms with Gasteiger partial charge in [-0.25, -0.2) is 4.98 Å². The lowest BCUT2D eigenvalue weighted by molar-refractivity contribution is 0.199. The molecule has 2 rings (SSSR count). The fourth-order valence-electron chi connectivity index (χ4n) is 2.73. The highest BCUT2D eigenvalue weighted by Gasteiger charge is 2.19. The number of aliphatic hydroxyl groups excluding tert-OH is 1. The van der Waals surface area contributed by atoms with E-state index in [1.54, 1.807) is 13.1 Å². The minimum atomic E-state index is -0.413. The highest BCUT2D eigenvalue weighted by molar-refractivity contribution is 5.41. The highest BCUT2D eigenvalue weighted by Crippen LogP contribution is 2.26. The van der Waals surface area contributed by atoms with Gasteiger partial charge in [-0.2, -0.15) is 0 Å². The molecular formula is C15H24N2O. The summed E-state index contributed by atoms with van der Waals surface area (Å²) in [5.74, 6) is 1.91. The number of nitrogens with zero attached hydrogens (tertiary/aromatic N) is 2. The van der Waals surface area contributed by atoms with E-state index in [4.69, 9.17) is 0 Å². The zero-order valence-corrected chi connectivity index (χ0v) is 11.5. The summed E-state index contributed by atoms with van der Waals surface area (Å²) in [6.07, 6.45) is 6.58. The van der Waals surface area contributed by atoms with Crippen molar-refractivity contribution in [3.63, 3.8) is 0 Å². The molecule has 0 unspecified atom stereocenters. The van der Waals surface area contributed by atoms with Crippen molar-refractivity contribution in [3.05, 3.63) is 23.9 Å². The van der Waals surface area contributed by atoms with Gasteiger partial charge in [0, 0.05) is 19.3 Å². The lowest BCUT2D eigenvalue weighted by Crippen LogP contribution is -2.34. The second kappa shape index (κ2) is 6.19. The van der Waals surface area contributed by atoms with Crippen LogP contribution in [-0.2, 0) is 0 Å². The van der Waals surface area contributed by atoms with Crippen molar-refractivity contribution >= 4 is 5.82 Å². The molecule has 100 valence electrons. The molecule has 0 aliphatic carbocycles. The van der Waals surface area contributed by atoms with Gasteiger partial charge in [0.1, 0.15) is 5.82 Å². The van der Waals surface area contributed by atoms with Gasteiger partial charge in [0.2, 0.25) is 0 Å². The van der Waals surface area contributed by atoms with E-state index in [2.05, 4.69) is 16.8 Å². The molecule has 18 heavy (non-hydrogen) atoms. The van der Waals surface area contributed by atoms with Crippen LogP contribution in [0.15, 0.2) is 18.3 Å². The molecule has 1 aliphatic heterocycles. The number of aliphatic hydroxyl groups is 1. The van der Waals surface area contributed by atoms with E-state index >= 15 is 0 Å². The van der Waals surface area contributed by atoms with Gasteiger partial charge in [-0.3, -0.25) is 0 Å². The Labute approximate surface area is 110 Å². The Morgan fingerprint density at radius 2 is 2.17 bits per heavy atom. The Kier molecular flexibility index (Phi) is 4.59. The summed E-state index contributed by atoms with van der Waals surface area (Å²) in [7, 11) is 0. The van der Waals surface area contributed by atoms with Gasteiger partial charge in [-0.05, 0) is 43.4 Å². The van der Waals surface area contributed by atoms with Crippen LogP contribution in [0, 0.1) is 5.92 Å². The number of rotatable bonds is 4. The van der Waals surface area contributed by atoms with Crippen LogP contribution in [-0.4, -0.2) is 23.2 Å². The fraction of sp³-hybridized carbons (Fsp3) is 0.667. The largest absolute Gasteiger partial charge is 0.389 e. The molecule has 3 heteroatoms. The molecule has 1 aromatic heterocycles. The number of aromatic nitrogens is 1. The van der Waals surface area contributed by atoms with E-state index in [1.165, 1.54) is 25.7 Å². The molecule has 0 radical (unpaired) electrons. The molecule has 0 bridgehead atoms. The molecule has 0 saturated carbocycles. The fourth-order valence-corrected chi connectivity index (χ4v) is 2.73.